The van der Waals surface area contributed by atoms with E-state index in [1.165, 1.54) is 11.3 Å². The number of benzene rings is 2. The molecule has 9 nitrogen and oxygen atoms in total. The van der Waals surface area contributed by atoms with Gasteiger partial charge in [-0.3, -0.25) is 4.79 Å². The van der Waals surface area contributed by atoms with Gasteiger partial charge in [-0.05, 0) is 37.4 Å². The van der Waals surface area contributed by atoms with Gasteiger partial charge in [0.15, 0.2) is 5.01 Å². The molecule has 10 heteroatoms. The van der Waals surface area contributed by atoms with Crippen LogP contribution in [0.5, 0.6) is 0 Å². The normalized spacial score (nSPS) is 16.0. The van der Waals surface area contributed by atoms with Crippen molar-refractivity contribution in [2.45, 2.75) is 13.0 Å². The number of thiazole rings is 1. The SMILES string of the molecule is CN1CCN(c2cccc(NC(=O)N3CCc4nc(C(=O)Nc5ccccc5N)sc4C3)c2)CC1. The van der Waals surface area contributed by atoms with Crippen molar-refractivity contribution < 1.29 is 9.59 Å². The van der Waals surface area contributed by atoms with Gasteiger partial charge in [-0.15, -0.1) is 11.3 Å². The first-order chi connectivity index (χ1) is 17.0. The van der Waals surface area contributed by atoms with Crippen LogP contribution in [0.15, 0.2) is 48.5 Å². The van der Waals surface area contributed by atoms with Crippen molar-refractivity contribution in [3.63, 3.8) is 0 Å². The van der Waals surface area contributed by atoms with Crippen molar-refractivity contribution in [3.8, 4) is 0 Å². The predicted molar refractivity (Wildman–Crippen MR) is 140 cm³/mol. The van der Waals surface area contributed by atoms with Crippen molar-refractivity contribution >= 4 is 46.0 Å². The summed E-state index contributed by atoms with van der Waals surface area (Å²) in [6.45, 7) is 4.98. The fourth-order valence-electron chi connectivity index (χ4n) is 4.30. The molecule has 3 heterocycles. The van der Waals surface area contributed by atoms with Gasteiger partial charge in [0.05, 0.1) is 23.6 Å². The number of nitrogens with zero attached hydrogens (tertiary/aromatic N) is 4. The van der Waals surface area contributed by atoms with Gasteiger partial charge in [-0.1, -0.05) is 18.2 Å². The number of fused-ring (bicyclic) bond motifs is 1. The van der Waals surface area contributed by atoms with Crippen LogP contribution >= 0.6 is 11.3 Å². The minimum Gasteiger partial charge on any atom is -0.397 e. The Labute approximate surface area is 208 Å². The van der Waals surface area contributed by atoms with Gasteiger partial charge >= 0.3 is 6.03 Å². The molecule has 0 atom stereocenters. The number of carbonyl (C=O) groups is 2. The van der Waals surface area contributed by atoms with E-state index in [0.29, 0.717) is 35.9 Å². The molecule has 0 unspecified atom stereocenters. The standard InChI is InChI=1S/C25H29N7O2S/c1-30-11-13-31(14-12-30)18-6-4-5-17(15-18)27-25(34)32-10-9-21-22(16-32)35-24(29-21)23(33)28-20-8-3-2-7-19(20)26/h2-8,15H,9-14,16,26H2,1H3,(H,27,34)(H,28,33). The van der Waals surface area contributed by atoms with Crippen molar-refractivity contribution in [2.75, 3.05) is 61.0 Å². The zero-order chi connectivity index (χ0) is 24.4. The van der Waals surface area contributed by atoms with Crippen LogP contribution in [0.1, 0.15) is 20.4 Å². The number of hydrogen-bond acceptors (Lipinski definition) is 7. The molecule has 4 N–H and O–H groups in total. The lowest BCUT2D eigenvalue weighted by molar-refractivity contribution is 0.102. The highest BCUT2D eigenvalue weighted by atomic mass is 32.1. The molecule has 2 aliphatic heterocycles. The van der Waals surface area contributed by atoms with Crippen LogP contribution in [0.25, 0.3) is 0 Å². The molecule has 182 valence electrons. The second kappa shape index (κ2) is 9.93. The van der Waals surface area contributed by atoms with Crippen molar-refractivity contribution in [1.29, 1.82) is 0 Å². The number of nitrogens with two attached hydrogens (primary N) is 1. The number of anilines is 4. The van der Waals surface area contributed by atoms with Crippen LogP contribution in [0.2, 0.25) is 0 Å². The first-order valence-electron chi connectivity index (χ1n) is 11.7. The molecule has 2 aliphatic rings. The van der Waals surface area contributed by atoms with Gasteiger partial charge in [-0.25, -0.2) is 9.78 Å². The van der Waals surface area contributed by atoms with Crippen LogP contribution < -0.4 is 21.3 Å². The van der Waals surface area contributed by atoms with E-state index in [0.717, 1.165) is 48.1 Å². The second-order valence-corrected chi connectivity index (χ2v) is 9.96. The number of rotatable bonds is 4. The fourth-order valence-corrected chi connectivity index (χ4v) is 5.32. The third kappa shape index (κ3) is 5.23. The molecule has 2 aromatic carbocycles. The zero-order valence-corrected chi connectivity index (χ0v) is 20.5. The third-order valence-electron chi connectivity index (χ3n) is 6.39. The highest BCUT2D eigenvalue weighted by molar-refractivity contribution is 7.13. The van der Waals surface area contributed by atoms with E-state index < -0.39 is 0 Å². The first-order valence-corrected chi connectivity index (χ1v) is 12.5. The monoisotopic (exact) mass is 491 g/mol. The number of urea groups is 1. The Morgan fingerprint density at radius 2 is 1.80 bits per heavy atom. The Bertz CT molecular complexity index is 1240. The Hall–Kier alpha value is -3.63. The maximum absolute atomic E-state index is 13.0. The molecule has 1 aromatic heterocycles. The molecule has 1 saturated heterocycles. The smallest absolute Gasteiger partial charge is 0.322 e. The third-order valence-corrected chi connectivity index (χ3v) is 7.47. The number of nitrogens with one attached hydrogen (secondary N) is 2. The molecular formula is C25H29N7O2S. The van der Waals surface area contributed by atoms with Crippen LogP contribution in [0.3, 0.4) is 0 Å². The number of carbonyl (C=O) groups excluding carboxylic acids is 2. The number of nitrogen functional groups attached to an aromatic ring is 1. The van der Waals surface area contributed by atoms with Gasteiger partial charge in [0, 0.05) is 55.4 Å². The lowest BCUT2D eigenvalue weighted by atomic mass is 10.2. The molecule has 3 aromatic rings. The van der Waals surface area contributed by atoms with Crippen LogP contribution in [0.4, 0.5) is 27.5 Å². The topological polar surface area (TPSA) is 107 Å². The van der Waals surface area contributed by atoms with Gasteiger partial charge in [0.2, 0.25) is 0 Å². The van der Waals surface area contributed by atoms with Gasteiger partial charge in [-0.2, -0.15) is 0 Å². The minimum atomic E-state index is -0.293. The van der Waals surface area contributed by atoms with E-state index >= 15 is 0 Å². The molecule has 0 spiro atoms. The van der Waals surface area contributed by atoms with E-state index in [1.807, 2.05) is 30.3 Å². The Morgan fingerprint density at radius 1 is 1.00 bits per heavy atom. The molecule has 1 fully saturated rings. The van der Waals surface area contributed by atoms with Crippen molar-refractivity contribution in [2.24, 2.45) is 0 Å². The van der Waals surface area contributed by atoms with E-state index in [1.54, 1.807) is 17.0 Å². The zero-order valence-electron chi connectivity index (χ0n) is 19.7. The largest absolute Gasteiger partial charge is 0.397 e. The van der Waals surface area contributed by atoms with Crippen molar-refractivity contribution in [3.05, 3.63) is 64.1 Å². The van der Waals surface area contributed by atoms with Crippen LogP contribution in [0, 0.1) is 0 Å². The molecule has 0 radical (unpaired) electrons. The van der Waals surface area contributed by atoms with Crippen LogP contribution in [-0.2, 0) is 13.0 Å². The highest BCUT2D eigenvalue weighted by Crippen LogP contribution is 2.28. The maximum atomic E-state index is 13.0. The molecule has 0 aliphatic carbocycles. The molecule has 5 rings (SSSR count). The Morgan fingerprint density at radius 3 is 2.60 bits per heavy atom. The van der Waals surface area contributed by atoms with Gasteiger partial charge in [0.1, 0.15) is 0 Å². The molecule has 35 heavy (non-hydrogen) atoms. The highest BCUT2D eigenvalue weighted by Gasteiger charge is 2.26. The van der Waals surface area contributed by atoms with E-state index in [-0.39, 0.29) is 11.9 Å². The summed E-state index contributed by atoms with van der Waals surface area (Å²) in [5.74, 6) is -0.293. The summed E-state index contributed by atoms with van der Waals surface area (Å²) in [6, 6.07) is 15.0. The summed E-state index contributed by atoms with van der Waals surface area (Å²) in [5, 5.41) is 6.24. The quantitative estimate of drug-likeness (QED) is 0.484. The van der Waals surface area contributed by atoms with E-state index in [9.17, 15) is 9.59 Å². The fraction of sp³-hybridized carbons (Fsp3) is 0.320. The maximum Gasteiger partial charge on any atom is 0.322 e. The number of hydrogen-bond donors (Lipinski definition) is 3. The van der Waals surface area contributed by atoms with Gasteiger partial charge in [0.25, 0.3) is 5.91 Å². The van der Waals surface area contributed by atoms with Crippen LogP contribution in [-0.4, -0.2) is 66.5 Å². The number of likely N-dealkylation sites (N-methyl/N-ethyl adjacent to an activating group) is 1. The van der Waals surface area contributed by atoms with E-state index in [4.69, 9.17) is 5.73 Å². The average Bonchev–Trinajstić information content (AvgIpc) is 3.30. The summed E-state index contributed by atoms with van der Waals surface area (Å²) in [5.41, 5.74) is 9.77. The number of aromatic nitrogens is 1. The summed E-state index contributed by atoms with van der Waals surface area (Å²) in [6.07, 6.45) is 0.612. The lowest BCUT2D eigenvalue weighted by Gasteiger charge is -2.34. The molecule has 3 amide bonds. The van der Waals surface area contributed by atoms with Gasteiger partial charge < -0.3 is 31.1 Å². The number of para-hydroxylation sites is 2. The van der Waals surface area contributed by atoms with E-state index in [2.05, 4.69) is 38.5 Å². The minimum absolute atomic E-state index is 0.150. The average molecular weight is 492 g/mol. The molecule has 0 saturated carbocycles. The predicted octanol–water partition coefficient (Wildman–Crippen LogP) is 3.32. The molecular weight excluding hydrogens is 462 g/mol. The first kappa shape index (κ1) is 23.1. The van der Waals surface area contributed by atoms with Crippen molar-refractivity contribution in [1.82, 2.24) is 14.8 Å². The Kier molecular flexibility index (Phi) is 6.56. The lowest BCUT2D eigenvalue weighted by Crippen LogP contribution is -2.44. The summed E-state index contributed by atoms with van der Waals surface area (Å²) >= 11 is 1.32. The summed E-state index contributed by atoms with van der Waals surface area (Å²) in [7, 11) is 2.13. The number of amides is 3. The Balaban J connectivity index is 1.22. The molecule has 0 bridgehead atoms. The second-order valence-electron chi connectivity index (χ2n) is 8.87. The number of piperazine rings is 1. The summed E-state index contributed by atoms with van der Waals surface area (Å²) in [4.78, 5) is 37.6. The summed E-state index contributed by atoms with van der Waals surface area (Å²) < 4.78 is 0.